The molecule has 6 heteroatoms. The van der Waals surface area contributed by atoms with Crippen LogP contribution in [0.15, 0.2) is 40.9 Å². The molecule has 0 aliphatic heterocycles. The van der Waals surface area contributed by atoms with Gasteiger partial charge in [-0.2, -0.15) is 0 Å². The number of hydrogen-bond acceptors (Lipinski definition) is 3. The number of carbonyl (C=O) groups excluding carboxylic acids is 1. The minimum Gasteiger partial charge on any atom is -0.347 e. The summed E-state index contributed by atoms with van der Waals surface area (Å²) in [5, 5.41) is 10.3. The molecule has 0 spiro atoms. The molecule has 0 atom stereocenters. The van der Waals surface area contributed by atoms with Gasteiger partial charge >= 0.3 is 0 Å². The van der Waals surface area contributed by atoms with Crippen LogP contribution in [0.25, 0.3) is 0 Å². The highest BCUT2D eigenvalue weighted by Crippen LogP contribution is 2.11. The van der Waals surface area contributed by atoms with Crippen LogP contribution in [-0.2, 0) is 6.54 Å². The maximum absolute atomic E-state index is 11.7. The first kappa shape index (κ1) is 13.0. The summed E-state index contributed by atoms with van der Waals surface area (Å²) in [4.78, 5) is 11.7. The predicted octanol–water partition coefficient (Wildman–Crippen LogP) is 2.82. The molecule has 0 bridgehead atoms. The van der Waals surface area contributed by atoms with Gasteiger partial charge in [0.05, 0.1) is 0 Å². The molecule has 0 saturated heterocycles. The second-order valence-electron chi connectivity index (χ2n) is 3.55. The molecule has 0 aliphatic rings. The van der Waals surface area contributed by atoms with Crippen LogP contribution in [0.3, 0.4) is 0 Å². The Morgan fingerprint density at radius 2 is 2.11 bits per heavy atom. The van der Waals surface area contributed by atoms with Crippen molar-refractivity contribution in [3.05, 3.63) is 57.3 Å². The Morgan fingerprint density at radius 3 is 2.78 bits per heavy atom. The molecule has 4 nitrogen and oxygen atoms in total. The summed E-state index contributed by atoms with van der Waals surface area (Å²) in [6.07, 6.45) is 0. The van der Waals surface area contributed by atoms with E-state index < -0.39 is 0 Å². The summed E-state index contributed by atoms with van der Waals surface area (Å²) in [7, 11) is 0. The first-order chi connectivity index (χ1) is 8.65. The van der Waals surface area contributed by atoms with E-state index in [2.05, 4.69) is 31.4 Å². The molecule has 1 aromatic carbocycles. The molecule has 18 heavy (non-hydrogen) atoms. The molecule has 0 radical (unpaired) electrons. The van der Waals surface area contributed by atoms with Crippen LogP contribution in [0.2, 0.25) is 5.15 Å². The number of nitrogens with zero attached hydrogens (tertiary/aromatic N) is 2. The van der Waals surface area contributed by atoms with Gasteiger partial charge in [0.2, 0.25) is 0 Å². The van der Waals surface area contributed by atoms with Crippen molar-refractivity contribution in [2.45, 2.75) is 6.54 Å². The lowest BCUT2D eigenvalue weighted by Crippen LogP contribution is -2.24. The van der Waals surface area contributed by atoms with Crippen LogP contribution in [0.5, 0.6) is 0 Å². The molecule has 1 aromatic heterocycles. The molecule has 1 N–H and O–H groups in total. The van der Waals surface area contributed by atoms with Crippen LogP contribution < -0.4 is 5.32 Å². The highest BCUT2D eigenvalue weighted by Gasteiger charge is 2.07. The monoisotopic (exact) mass is 325 g/mol. The summed E-state index contributed by atoms with van der Waals surface area (Å²) in [5.41, 5.74) is 1.24. The molecule has 2 rings (SSSR count). The minimum absolute atomic E-state index is 0.245. The van der Waals surface area contributed by atoms with Gasteiger partial charge in [0.25, 0.3) is 5.91 Å². The SMILES string of the molecule is O=C(NCc1cccc(Br)c1)c1ccc(Cl)nn1. The molecule has 1 amide bonds. The highest BCUT2D eigenvalue weighted by molar-refractivity contribution is 9.10. The van der Waals surface area contributed by atoms with Gasteiger partial charge in [0, 0.05) is 11.0 Å². The first-order valence-electron chi connectivity index (χ1n) is 5.17. The van der Waals surface area contributed by atoms with Crippen molar-refractivity contribution in [1.82, 2.24) is 15.5 Å². The zero-order chi connectivity index (χ0) is 13.0. The van der Waals surface area contributed by atoms with E-state index in [4.69, 9.17) is 11.6 Å². The summed E-state index contributed by atoms with van der Waals surface area (Å²) in [6.45, 7) is 0.433. The molecule has 1 heterocycles. The van der Waals surface area contributed by atoms with E-state index in [1.165, 1.54) is 12.1 Å². The van der Waals surface area contributed by atoms with Crippen LogP contribution in [0.1, 0.15) is 16.1 Å². The third kappa shape index (κ3) is 3.51. The number of nitrogens with one attached hydrogen (secondary N) is 1. The molecular weight excluding hydrogens is 318 g/mol. The Hall–Kier alpha value is -1.46. The Morgan fingerprint density at radius 1 is 1.28 bits per heavy atom. The number of aromatic nitrogens is 2. The van der Waals surface area contributed by atoms with E-state index in [1.807, 2.05) is 24.3 Å². The molecule has 0 fully saturated rings. The number of hydrogen-bond donors (Lipinski definition) is 1. The second kappa shape index (κ2) is 5.93. The van der Waals surface area contributed by atoms with Gasteiger partial charge in [0.1, 0.15) is 0 Å². The topological polar surface area (TPSA) is 54.9 Å². The maximum atomic E-state index is 11.7. The van der Waals surface area contributed by atoms with Gasteiger partial charge in [-0.25, -0.2) is 0 Å². The van der Waals surface area contributed by atoms with Crippen LogP contribution in [-0.4, -0.2) is 16.1 Å². The predicted molar refractivity (Wildman–Crippen MR) is 72.4 cm³/mol. The van der Waals surface area contributed by atoms with E-state index >= 15 is 0 Å². The standard InChI is InChI=1S/C12H9BrClN3O/c13-9-3-1-2-8(6-9)7-15-12(18)10-4-5-11(14)17-16-10/h1-6H,7H2,(H,15,18). The fourth-order valence-corrected chi connectivity index (χ4v) is 1.90. The minimum atomic E-state index is -0.279. The van der Waals surface area contributed by atoms with Crippen LogP contribution >= 0.6 is 27.5 Å². The number of amides is 1. The fraction of sp³-hybridized carbons (Fsp3) is 0.0833. The van der Waals surface area contributed by atoms with E-state index in [-0.39, 0.29) is 16.8 Å². The van der Waals surface area contributed by atoms with E-state index in [9.17, 15) is 4.79 Å². The first-order valence-corrected chi connectivity index (χ1v) is 6.34. The van der Waals surface area contributed by atoms with Crippen molar-refractivity contribution in [1.29, 1.82) is 0 Å². The van der Waals surface area contributed by atoms with E-state index in [1.54, 1.807) is 0 Å². The second-order valence-corrected chi connectivity index (χ2v) is 4.86. The Bertz CT molecular complexity index is 560. The van der Waals surface area contributed by atoms with Crippen LogP contribution in [0.4, 0.5) is 0 Å². The lowest BCUT2D eigenvalue weighted by Gasteiger charge is -2.04. The van der Waals surface area contributed by atoms with Crippen molar-refractivity contribution in [2.75, 3.05) is 0 Å². The Kier molecular flexibility index (Phi) is 4.28. The van der Waals surface area contributed by atoms with Crippen molar-refractivity contribution in [3.8, 4) is 0 Å². The summed E-state index contributed by atoms with van der Waals surface area (Å²) >= 11 is 8.97. The summed E-state index contributed by atoms with van der Waals surface area (Å²) in [5.74, 6) is -0.279. The van der Waals surface area contributed by atoms with Gasteiger partial charge in [0.15, 0.2) is 10.8 Å². The highest BCUT2D eigenvalue weighted by atomic mass is 79.9. The summed E-state index contributed by atoms with van der Waals surface area (Å²) in [6, 6.07) is 10.8. The molecule has 0 aliphatic carbocycles. The van der Waals surface area contributed by atoms with E-state index in [0.717, 1.165) is 10.0 Å². The molecule has 0 saturated carbocycles. The quantitative estimate of drug-likeness (QED) is 0.943. The average Bonchev–Trinajstić information content (AvgIpc) is 2.37. The third-order valence-electron chi connectivity index (χ3n) is 2.21. The van der Waals surface area contributed by atoms with Crippen molar-refractivity contribution >= 4 is 33.4 Å². The lowest BCUT2D eigenvalue weighted by molar-refractivity contribution is 0.0945. The van der Waals surface area contributed by atoms with Gasteiger partial charge in [-0.1, -0.05) is 39.7 Å². The number of carbonyl (C=O) groups is 1. The number of rotatable bonds is 3. The van der Waals surface area contributed by atoms with Crippen molar-refractivity contribution in [2.24, 2.45) is 0 Å². The van der Waals surface area contributed by atoms with Gasteiger partial charge < -0.3 is 5.32 Å². The zero-order valence-corrected chi connectivity index (χ0v) is 11.6. The molecule has 2 aromatic rings. The molecule has 92 valence electrons. The third-order valence-corrected chi connectivity index (χ3v) is 2.90. The number of benzene rings is 1. The largest absolute Gasteiger partial charge is 0.347 e. The normalized spacial score (nSPS) is 10.1. The Labute approximate surface area is 118 Å². The van der Waals surface area contributed by atoms with Crippen LogP contribution in [0, 0.1) is 0 Å². The average molecular weight is 327 g/mol. The van der Waals surface area contributed by atoms with Gasteiger partial charge in [-0.3, -0.25) is 4.79 Å². The molecule has 0 unspecified atom stereocenters. The van der Waals surface area contributed by atoms with Gasteiger partial charge in [-0.15, -0.1) is 10.2 Å². The Balaban J connectivity index is 1.98. The lowest BCUT2D eigenvalue weighted by atomic mass is 10.2. The summed E-state index contributed by atoms with van der Waals surface area (Å²) < 4.78 is 0.973. The smallest absolute Gasteiger partial charge is 0.272 e. The van der Waals surface area contributed by atoms with Crippen molar-refractivity contribution in [3.63, 3.8) is 0 Å². The van der Waals surface area contributed by atoms with E-state index in [0.29, 0.717) is 6.54 Å². The number of halogens is 2. The zero-order valence-electron chi connectivity index (χ0n) is 9.23. The van der Waals surface area contributed by atoms with Gasteiger partial charge in [-0.05, 0) is 29.8 Å². The maximum Gasteiger partial charge on any atom is 0.272 e. The fourth-order valence-electron chi connectivity index (χ4n) is 1.36. The molecular formula is C12H9BrClN3O. The van der Waals surface area contributed by atoms with Crippen molar-refractivity contribution < 1.29 is 4.79 Å².